The Morgan fingerprint density at radius 1 is 1.32 bits per heavy atom. The molecule has 2 N–H and O–H groups in total. The molecular formula is C24H26IN6O3-. The molecule has 0 saturated carbocycles. The van der Waals surface area contributed by atoms with E-state index in [2.05, 4.69) is 29.4 Å². The van der Waals surface area contributed by atoms with E-state index in [4.69, 9.17) is 4.74 Å². The maximum atomic E-state index is 13.6. The Kier molecular flexibility index (Phi) is 6.77. The van der Waals surface area contributed by atoms with Crippen LogP contribution < -0.4 is 37.7 Å². The zero-order valence-electron chi connectivity index (χ0n) is 19.4. The molecule has 0 aliphatic carbocycles. The zero-order chi connectivity index (χ0) is 24.4. The normalized spacial score (nSPS) is 13.7. The van der Waals surface area contributed by atoms with Crippen LogP contribution in [0.2, 0.25) is 0 Å². The van der Waals surface area contributed by atoms with Crippen molar-refractivity contribution >= 4 is 28.3 Å². The Bertz CT molecular complexity index is 1390. The third kappa shape index (κ3) is 4.58. The third-order valence-electron chi connectivity index (χ3n) is 5.23. The van der Waals surface area contributed by atoms with E-state index in [0.29, 0.717) is 28.1 Å². The molecule has 1 aliphatic heterocycles. The molecule has 0 saturated heterocycles. The summed E-state index contributed by atoms with van der Waals surface area (Å²) in [4.78, 5) is 30.0. The van der Waals surface area contributed by atoms with Gasteiger partial charge >= 0.3 is 191 Å². The van der Waals surface area contributed by atoms with E-state index < -0.39 is 0 Å². The summed E-state index contributed by atoms with van der Waals surface area (Å²) in [6, 6.07) is 7.14. The summed E-state index contributed by atoms with van der Waals surface area (Å²) >= 11 is -0.286. The van der Waals surface area contributed by atoms with Gasteiger partial charge in [0, 0.05) is 0 Å². The van der Waals surface area contributed by atoms with Crippen molar-refractivity contribution in [2.75, 3.05) is 24.8 Å². The number of imidazole rings is 1. The number of aromatic nitrogens is 3. The molecule has 0 fully saturated rings. The molecule has 0 unspecified atom stereocenters. The number of nitrogens with one attached hydrogen (secondary N) is 2. The molecule has 10 heteroatoms. The molecule has 4 rings (SSSR count). The van der Waals surface area contributed by atoms with Gasteiger partial charge in [0.25, 0.3) is 0 Å². The van der Waals surface area contributed by atoms with Gasteiger partial charge in [0.1, 0.15) is 0 Å². The van der Waals surface area contributed by atoms with Gasteiger partial charge < -0.3 is 0 Å². The van der Waals surface area contributed by atoms with Gasteiger partial charge in [0.05, 0.1) is 0 Å². The van der Waals surface area contributed by atoms with Gasteiger partial charge in [-0.1, -0.05) is 6.58 Å². The summed E-state index contributed by atoms with van der Waals surface area (Å²) in [5, 5.41) is 6.17. The van der Waals surface area contributed by atoms with Crippen molar-refractivity contribution in [1.29, 1.82) is 0 Å². The van der Waals surface area contributed by atoms with Gasteiger partial charge in [-0.05, 0) is 6.08 Å². The van der Waals surface area contributed by atoms with Crippen LogP contribution in [0.3, 0.4) is 0 Å². The summed E-state index contributed by atoms with van der Waals surface area (Å²) in [7, 11) is 3.66. The first kappa shape index (κ1) is 23.6. The Morgan fingerprint density at radius 3 is 2.82 bits per heavy atom. The van der Waals surface area contributed by atoms with Gasteiger partial charge in [-0.15, -0.1) is 0 Å². The number of anilines is 2. The minimum atomic E-state index is -0.324. The van der Waals surface area contributed by atoms with Crippen molar-refractivity contribution < 1.29 is 31.0 Å². The van der Waals surface area contributed by atoms with Crippen LogP contribution in [0.25, 0.3) is 16.7 Å². The number of nitrogens with zero attached hydrogens (tertiary/aromatic N) is 4. The number of benzene rings is 1. The number of fused-ring (bicyclic) bond motifs is 1. The first-order valence-electron chi connectivity index (χ1n) is 10.6. The minimum absolute atomic E-state index is 0.0406. The van der Waals surface area contributed by atoms with E-state index in [1.165, 1.54) is 6.08 Å². The second-order valence-electron chi connectivity index (χ2n) is 7.87. The van der Waals surface area contributed by atoms with E-state index in [1.54, 1.807) is 42.4 Å². The predicted octanol–water partition coefficient (Wildman–Crippen LogP) is 0.583. The van der Waals surface area contributed by atoms with Gasteiger partial charge in [-0.2, -0.15) is 0 Å². The van der Waals surface area contributed by atoms with Crippen LogP contribution in [-0.2, 0) is 9.53 Å². The molecular weight excluding hydrogens is 547 g/mol. The van der Waals surface area contributed by atoms with Crippen LogP contribution in [0, 0.1) is 0 Å². The molecule has 178 valence electrons. The van der Waals surface area contributed by atoms with Gasteiger partial charge in [0.2, 0.25) is 0 Å². The molecule has 0 radical (unpaired) electrons. The number of hydrogen-bond donors (Lipinski definition) is 2. The molecule has 0 atom stereocenters. The van der Waals surface area contributed by atoms with Crippen molar-refractivity contribution in [2.24, 2.45) is 0 Å². The summed E-state index contributed by atoms with van der Waals surface area (Å²) in [6.45, 7) is 7.49. The number of pyridine rings is 1. The van der Waals surface area contributed by atoms with Crippen molar-refractivity contribution in [1.82, 2.24) is 17.2 Å². The average molecular weight is 573 g/mol. The molecule has 2 aromatic heterocycles. The van der Waals surface area contributed by atoms with Gasteiger partial charge in [-0.3, -0.25) is 4.79 Å². The molecule has 0 bridgehead atoms. The number of ether oxygens (including phenoxy) is 1. The van der Waals surface area contributed by atoms with Crippen LogP contribution in [0.5, 0.6) is 0 Å². The van der Waals surface area contributed by atoms with Crippen molar-refractivity contribution in [3.63, 3.8) is 0 Å². The summed E-state index contributed by atoms with van der Waals surface area (Å²) in [5.41, 5.74) is 3.47. The SMILES string of the molecule is C=CC(=O)Nc1cccc(-n2cc(NC3=CN(C)[I-]C=C3OC)c3ncn(C(C)C)c3c2=O)c1. The average Bonchev–Trinajstić information content (AvgIpc) is 3.27. The second-order valence-corrected chi connectivity index (χ2v) is 10.6. The standard InChI is InChI=1S/C24H26IN6O3/c1-6-21(32)27-16-8-7-9-17(10-16)30-13-19(28-18-12-29(4)25-11-20(18)34-5)22-23(24(30)33)31(14-26-22)15(2)3/h6-15,28H,1H2,2-5H3,(H,27,32)/q-1. The van der Waals surface area contributed by atoms with E-state index >= 15 is 0 Å². The Balaban J connectivity index is 1.89. The fourth-order valence-electron chi connectivity index (χ4n) is 3.58. The molecule has 3 heterocycles. The fraction of sp³-hybridized carbons (Fsp3) is 0.208. The van der Waals surface area contributed by atoms with Crippen LogP contribution in [0.4, 0.5) is 11.4 Å². The summed E-state index contributed by atoms with van der Waals surface area (Å²) in [5.74, 6) is 0.435. The predicted molar refractivity (Wildman–Crippen MR) is 129 cm³/mol. The van der Waals surface area contributed by atoms with Crippen molar-refractivity contribution in [2.45, 2.75) is 19.9 Å². The summed E-state index contributed by atoms with van der Waals surface area (Å²) in [6.07, 6.45) is 6.62. The quantitative estimate of drug-likeness (QED) is 0.244. The topological polar surface area (TPSA) is 93.4 Å². The first-order valence-corrected chi connectivity index (χ1v) is 12.8. The van der Waals surface area contributed by atoms with Crippen molar-refractivity contribution in [3.05, 3.63) is 81.5 Å². The second kappa shape index (κ2) is 9.75. The number of halogens is 1. The van der Waals surface area contributed by atoms with E-state index in [1.807, 2.05) is 37.7 Å². The first-order chi connectivity index (χ1) is 16.3. The number of carbonyl (C=O) groups is 1. The van der Waals surface area contributed by atoms with Gasteiger partial charge in [-0.25, -0.2) is 0 Å². The summed E-state index contributed by atoms with van der Waals surface area (Å²) < 4.78 is 13.2. The number of hydrogen-bond acceptors (Lipinski definition) is 6. The molecule has 1 amide bonds. The molecule has 3 aromatic rings. The number of rotatable bonds is 7. The van der Waals surface area contributed by atoms with Crippen molar-refractivity contribution in [3.8, 4) is 5.69 Å². The number of carbonyl (C=O) groups excluding carboxylic acids is 1. The Labute approximate surface area is 208 Å². The Hall–Kier alpha value is -3.54. The third-order valence-corrected chi connectivity index (χ3v) is 7.23. The fourth-order valence-corrected chi connectivity index (χ4v) is 5.30. The van der Waals surface area contributed by atoms with Crippen LogP contribution in [-0.4, -0.2) is 37.3 Å². The zero-order valence-corrected chi connectivity index (χ0v) is 21.5. The number of methoxy groups -OCH3 is 1. The van der Waals surface area contributed by atoms with Crippen LogP contribution in [0.1, 0.15) is 19.9 Å². The van der Waals surface area contributed by atoms with Gasteiger partial charge in [0.15, 0.2) is 0 Å². The molecule has 34 heavy (non-hydrogen) atoms. The van der Waals surface area contributed by atoms with E-state index in [-0.39, 0.29) is 39.0 Å². The molecule has 9 nitrogen and oxygen atoms in total. The Morgan fingerprint density at radius 2 is 2.12 bits per heavy atom. The molecule has 0 spiro atoms. The number of amides is 1. The van der Waals surface area contributed by atoms with E-state index in [9.17, 15) is 9.59 Å². The molecule has 1 aliphatic rings. The maximum absolute atomic E-state index is 13.6. The monoisotopic (exact) mass is 573 g/mol. The van der Waals surface area contributed by atoms with E-state index in [0.717, 1.165) is 11.5 Å². The molecule has 1 aromatic carbocycles. The van der Waals surface area contributed by atoms with Crippen LogP contribution >= 0.6 is 0 Å². The van der Waals surface area contributed by atoms with Crippen LogP contribution in [0.15, 0.2) is 76.0 Å².